The van der Waals surface area contributed by atoms with Gasteiger partial charge in [0.1, 0.15) is 5.82 Å². The van der Waals surface area contributed by atoms with Crippen molar-refractivity contribution in [2.24, 2.45) is 0 Å². The maximum absolute atomic E-state index is 13.8. The number of hydrogen-bond donors (Lipinski definition) is 1. The van der Waals surface area contributed by atoms with Gasteiger partial charge in [-0.15, -0.1) is 0 Å². The molecule has 2 aliphatic rings. The van der Waals surface area contributed by atoms with E-state index >= 15 is 0 Å². The highest BCUT2D eigenvalue weighted by molar-refractivity contribution is 5.23. The van der Waals surface area contributed by atoms with E-state index in [1.807, 2.05) is 12.1 Å². The van der Waals surface area contributed by atoms with Crippen molar-refractivity contribution < 1.29 is 4.39 Å². The van der Waals surface area contributed by atoms with Crippen molar-refractivity contribution in [3.8, 4) is 0 Å². The summed E-state index contributed by atoms with van der Waals surface area (Å²) in [5.41, 5.74) is 0.849. The van der Waals surface area contributed by atoms with Crippen molar-refractivity contribution in [1.82, 2.24) is 10.2 Å². The van der Waals surface area contributed by atoms with E-state index < -0.39 is 0 Å². The molecule has 3 heteroatoms. The smallest absolute Gasteiger partial charge is 0.128 e. The quantitative estimate of drug-likeness (QED) is 0.778. The van der Waals surface area contributed by atoms with Crippen LogP contribution >= 0.6 is 0 Å². The molecule has 0 amide bonds. The van der Waals surface area contributed by atoms with E-state index in [-0.39, 0.29) is 11.9 Å². The first-order chi connectivity index (χ1) is 7.86. The Morgan fingerprint density at radius 3 is 3.00 bits per heavy atom. The third kappa shape index (κ3) is 1.64. The molecule has 1 unspecified atom stereocenters. The lowest BCUT2D eigenvalue weighted by Crippen LogP contribution is -2.49. The fourth-order valence-corrected chi connectivity index (χ4v) is 3.03. The molecule has 0 bridgehead atoms. The van der Waals surface area contributed by atoms with Crippen LogP contribution in [0.5, 0.6) is 0 Å². The largest absolute Gasteiger partial charge is 0.313 e. The summed E-state index contributed by atoms with van der Waals surface area (Å²) in [6.07, 6.45) is 2.50. The maximum Gasteiger partial charge on any atom is 0.128 e. The molecule has 16 heavy (non-hydrogen) atoms. The minimum absolute atomic E-state index is 0.0677. The molecule has 1 aromatic carbocycles. The van der Waals surface area contributed by atoms with Gasteiger partial charge in [0, 0.05) is 24.7 Å². The van der Waals surface area contributed by atoms with Crippen molar-refractivity contribution >= 4 is 0 Å². The second-order valence-electron chi connectivity index (χ2n) is 4.73. The van der Waals surface area contributed by atoms with E-state index in [0.717, 1.165) is 25.2 Å². The molecule has 2 aliphatic heterocycles. The second-order valence-corrected chi connectivity index (χ2v) is 4.73. The van der Waals surface area contributed by atoms with Crippen LogP contribution in [0.2, 0.25) is 0 Å². The van der Waals surface area contributed by atoms with Crippen LogP contribution in [0, 0.1) is 5.82 Å². The molecule has 0 spiro atoms. The van der Waals surface area contributed by atoms with E-state index in [9.17, 15) is 4.39 Å². The Morgan fingerprint density at radius 1 is 1.25 bits per heavy atom. The van der Waals surface area contributed by atoms with Gasteiger partial charge in [0.25, 0.3) is 0 Å². The Hall–Kier alpha value is -0.930. The van der Waals surface area contributed by atoms with Gasteiger partial charge in [-0.3, -0.25) is 4.90 Å². The Morgan fingerprint density at radius 2 is 2.12 bits per heavy atom. The zero-order chi connectivity index (χ0) is 11.0. The minimum atomic E-state index is -0.0677. The van der Waals surface area contributed by atoms with Gasteiger partial charge in [-0.05, 0) is 25.5 Å². The molecule has 2 nitrogen and oxygen atoms in total. The summed E-state index contributed by atoms with van der Waals surface area (Å²) >= 11 is 0. The molecule has 1 N–H and O–H groups in total. The summed E-state index contributed by atoms with van der Waals surface area (Å²) in [5, 5.41) is 3.42. The van der Waals surface area contributed by atoms with Crippen LogP contribution in [0.3, 0.4) is 0 Å². The minimum Gasteiger partial charge on any atom is -0.313 e. The first-order valence-electron chi connectivity index (χ1n) is 6.07. The van der Waals surface area contributed by atoms with Crippen LogP contribution in [0.25, 0.3) is 0 Å². The summed E-state index contributed by atoms with van der Waals surface area (Å²) in [5.74, 6) is -0.0677. The van der Waals surface area contributed by atoms with Gasteiger partial charge < -0.3 is 5.32 Å². The van der Waals surface area contributed by atoms with Gasteiger partial charge in [-0.25, -0.2) is 4.39 Å². The lowest BCUT2D eigenvalue weighted by molar-refractivity contribution is 0.135. The number of hydrogen-bond acceptors (Lipinski definition) is 2. The van der Waals surface area contributed by atoms with Crippen molar-refractivity contribution in [3.05, 3.63) is 35.6 Å². The molecule has 0 aromatic heterocycles. The van der Waals surface area contributed by atoms with E-state index in [1.54, 1.807) is 12.1 Å². The molecule has 2 fully saturated rings. The highest BCUT2D eigenvalue weighted by Crippen LogP contribution is 2.32. The monoisotopic (exact) mass is 220 g/mol. The predicted molar refractivity (Wildman–Crippen MR) is 61.7 cm³/mol. The Balaban J connectivity index is 1.91. The van der Waals surface area contributed by atoms with E-state index in [4.69, 9.17) is 0 Å². The molecular weight excluding hydrogens is 203 g/mol. The number of piperazine rings is 1. The predicted octanol–water partition coefficient (Wildman–Crippen LogP) is 1.93. The van der Waals surface area contributed by atoms with E-state index in [2.05, 4.69) is 10.2 Å². The van der Waals surface area contributed by atoms with Gasteiger partial charge >= 0.3 is 0 Å². The number of nitrogens with one attached hydrogen (secondary N) is 1. The number of halogens is 1. The van der Waals surface area contributed by atoms with Gasteiger partial charge in [0.15, 0.2) is 0 Å². The molecule has 0 saturated carbocycles. The standard InChI is InChI=1S/C13H17FN2/c14-12-6-2-1-5-11(12)13-9-15-8-10-4-3-7-16(10)13/h1-2,5-6,10,13,15H,3-4,7-9H2/t10-,13?/m0/s1. The number of benzene rings is 1. The lowest BCUT2D eigenvalue weighted by Gasteiger charge is -2.38. The lowest BCUT2D eigenvalue weighted by atomic mass is 10.0. The van der Waals surface area contributed by atoms with Crippen LogP contribution in [-0.2, 0) is 0 Å². The highest BCUT2D eigenvalue weighted by atomic mass is 19.1. The molecule has 1 aromatic rings. The molecule has 0 aliphatic carbocycles. The zero-order valence-electron chi connectivity index (χ0n) is 9.32. The van der Waals surface area contributed by atoms with Gasteiger partial charge in [-0.1, -0.05) is 18.2 Å². The third-order valence-corrected chi connectivity index (χ3v) is 3.80. The van der Waals surface area contributed by atoms with Crippen LogP contribution in [0.4, 0.5) is 4.39 Å². The number of rotatable bonds is 1. The maximum atomic E-state index is 13.8. The van der Waals surface area contributed by atoms with Crippen molar-refractivity contribution in [2.75, 3.05) is 19.6 Å². The molecule has 2 saturated heterocycles. The first kappa shape index (κ1) is 10.2. The second kappa shape index (κ2) is 4.15. The SMILES string of the molecule is Fc1ccccc1C1CNC[C@@H]2CCCN12. The number of nitrogens with zero attached hydrogens (tertiary/aromatic N) is 1. The van der Waals surface area contributed by atoms with Crippen LogP contribution in [0.1, 0.15) is 24.4 Å². The Bertz CT molecular complexity index is 380. The fraction of sp³-hybridized carbons (Fsp3) is 0.538. The van der Waals surface area contributed by atoms with E-state index in [1.165, 1.54) is 12.8 Å². The fourth-order valence-electron chi connectivity index (χ4n) is 3.03. The van der Waals surface area contributed by atoms with Crippen LogP contribution in [-0.4, -0.2) is 30.6 Å². The molecule has 0 radical (unpaired) electrons. The summed E-state index contributed by atoms with van der Waals surface area (Å²) in [6, 6.07) is 8.01. The molecule has 86 valence electrons. The van der Waals surface area contributed by atoms with Gasteiger partial charge in [-0.2, -0.15) is 0 Å². The molecule has 2 heterocycles. The molecular formula is C13H17FN2. The molecule has 3 rings (SSSR count). The Kier molecular flexibility index (Phi) is 2.65. The zero-order valence-corrected chi connectivity index (χ0v) is 9.32. The normalized spacial score (nSPS) is 30.3. The van der Waals surface area contributed by atoms with Crippen molar-refractivity contribution in [1.29, 1.82) is 0 Å². The summed E-state index contributed by atoms with van der Waals surface area (Å²) in [7, 11) is 0. The summed E-state index contributed by atoms with van der Waals surface area (Å²) in [6.45, 7) is 3.05. The average Bonchev–Trinajstić information content (AvgIpc) is 2.77. The van der Waals surface area contributed by atoms with Gasteiger partial charge in [0.05, 0.1) is 6.04 Å². The van der Waals surface area contributed by atoms with Crippen molar-refractivity contribution in [2.45, 2.75) is 24.9 Å². The number of fused-ring (bicyclic) bond motifs is 1. The van der Waals surface area contributed by atoms with Gasteiger partial charge in [0.2, 0.25) is 0 Å². The third-order valence-electron chi connectivity index (χ3n) is 3.80. The Labute approximate surface area is 95.4 Å². The van der Waals surface area contributed by atoms with Crippen LogP contribution in [0.15, 0.2) is 24.3 Å². The highest BCUT2D eigenvalue weighted by Gasteiger charge is 2.35. The molecule has 2 atom stereocenters. The van der Waals surface area contributed by atoms with Crippen LogP contribution < -0.4 is 5.32 Å². The van der Waals surface area contributed by atoms with E-state index in [0.29, 0.717) is 6.04 Å². The summed E-state index contributed by atoms with van der Waals surface area (Å²) in [4.78, 5) is 2.47. The topological polar surface area (TPSA) is 15.3 Å². The first-order valence-corrected chi connectivity index (χ1v) is 6.07. The summed E-state index contributed by atoms with van der Waals surface area (Å²) < 4.78 is 13.8. The average molecular weight is 220 g/mol. The van der Waals surface area contributed by atoms with Crippen molar-refractivity contribution in [3.63, 3.8) is 0 Å².